The van der Waals surface area contributed by atoms with Gasteiger partial charge in [0.05, 0.1) is 0 Å². The molecule has 88 valence electrons. The van der Waals surface area contributed by atoms with Gasteiger partial charge >= 0.3 is 0 Å². The first-order valence-electron chi connectivity index (χ1n) is 6.35. The van der Waals surface area contributed by atoms with Crippen molar-refractivity contribution in [2.24, 2.45) is 11.7 Å². The summed E-state index contributed by atoms with van der Waals surface area (Å²) in [5, 5.41) is 0.886. The number of rotatable bonds is 3. The van der Waals surface area contributed by atoms with E-state index in [-0.39, 0.29) is 0 Å². The minimum absolute atomic E-state index is 0.876. The molecule has 2 aliphatic rings. The molecule has 2 rings (SSSR count). The van der Waals surface area contributed by atoms with Crippen LogP contribution in [0, 0.1) is 5.92 Å². The van der Waals surface area contributed by atoms with Gasteiger partial charge in [0.1, 0.15) is 0 Å². The molecule has 0 spiro atoms. The van der Waals surface area contributed by atoms with Gasteiger partial charge in [-0.25, -0.2) is 0 Å². The Hall–Kier alpha value is 0.270. The van der Waals surface area contributed by atoms with E-state index in [0.717, 1.165) is 23.8 Å². The van der Waals surface area contributed by atoms with E-state index in [9.17, 15) is 0 Å². The third-order valence-electron chi connectivity index (χ3n) is 3.92. The molecule has 0 aromatic heterocycles. The van der Waals surface area contributed by atoms with Crippen LogP contribution in [0.1, 0.15) is 32.6 Å². The molecule has 3 heteroatoms. The Morgan fingerprint density at radius 1 is 1.33 bits per heavy atom. The van der Waals surface area contributed by atoms with E-state index in [1.54, 1.807) is 0 Å². The van der Waals surface area contributed by atoms with Gasteiger partial charge in [0.25, 0.3) is 0 Å². The smallest absolute Gasteiger partial charge is 0.0196 e. The normalized spacial score (nSPS) is 34.8. The highest BCUT2D eigenvalue weighted by atomic mass is 32.2. The number of nitrogens with zero attached hydrogens (tertiary/aromatic N) is 1. The van der Waals surface area contributed by atoms with E-state index >= 15 is 0 Å². The summed E-state index contributed by atoms with van der Waals surface area (Å²) in [7, 11) is 0. The predicted molar refractivity (Wildman–Crippen MR) is 68.3 cm³/mol. The van der Waals surface area contributed by atoms with Crippen molar-refractivity contribution in [3.8, 4) is 0 Å². The van der Waals surface area contributed by atoms with Crippen LogP contribution < -0.4 is 5.73 Å². The third-order valence-corrected chi connectivity index (χ3v) is 5.26. The molecule has 2 atom stereocenters. The minimum atomic E-state index is 0.876. The van der Waals surface area contributed by atoms with Crippen LogP contribution in [0.5, 0.6) is 0 Å². The Balaban J connectivity index is 1.73. The van der Waals surface area contributed by atoms with Crippen molar-refractivity contribution in [2.45, 2.75) is 43.9 Å². The van der Waals surface area contributed by atoms with Crippen molar-refractivity contribution >= 4 is 11.8 Å². The summed E-state index contributed by atoms with van der Waals surface area (Å²) in [6.07, 6.45) is 5.41. The second-order valence-corrected chi connectivity index (χ2v) is 6.56. The van der Waals surface area contributed by atoms with Crippen LogP contribution >= 0.6 is 11.8 Å². The van der Waals surface area contributed by atoms with Gasteiger partial charge in [-0.2, -0.15) is 11.8 Å². The first kappa shape index (κ1) is 11.7. The molecule has 2 N–H and O–H groups in total. The molecular formula is C12H24N2S. The molecule has 0 amide bonds. The SMILES string of the molecule is CC1CC(N2CCC(CCN)CC2)CS1. The lowest BCUT2D eigenvalue weighted by molar-refractivity contribution is 0.139. The van der Waals surface area contributed by atoms with Crippen molar-refractivity contribution in [3.05, 3.63) is 0 Å². The van der Waals surface area contributed by atoms with E-state index in [2.05, 4.69) is 23.6 Å². The zero-order chi connectivity index (χ0) is 10.7. The van der Waals surface area contributed by atoms with Crippen LogP contribution in [0.25, 0.3) is 0 Å². The molecule has 0 aliphatic carbocycles. The highest BCUT2D eigenvalue weighted by Gasteiger charge is 2.29. The van der Waals surface area contributed by atoms with Crippen molar-refractivity contribution in [2.75, 3.05) is 25.4 Å². The van der Waals surface area contributed by atoms with Gasteiger partial charge in [-0.3, -0.25) is 4.90 Å². The van der Waals surface area contributed by atoms with Gasteiger partial charge in [-0.15, -0.1) is 0 Å². The van der Waals surface area contributed by atoms with Gasteiger partial charge in [-0.05, 0) is 51.2 Å². The number of hydrogen-bond donors (Lipinski definition) is 1. The average Bonchev–Trinajstić information content (AvgIpc) is 2.67. The lowest BCUT2D eigenvalue weighted by atomic mass is 9.92. The molecule has 15 heavy (non-hydrogen) atoms. The Morgan fingerprint density at radius 2 is 2.07 bits per heavy atom. The molecule has 0 aromatic carbocycles. The Bertz CT molecular complexity index is 190. The average molecular weight is 228 g/mol. The molecule has 0 aromatic rings. The number of piperidine rings is 1. The van der Waals surface area contributed by atoms with Crippen LogP contribution in [0.2, 0.25) is 0 Å². The molecule has 2 unspecified atom stereocenters. The van der Waals surface area contributed by atoms with Crippen molar-refractivity contribution in [1.82, 2.24) is 4.90 Å². The fraction of sp³-hybridized carbons (Fsp3) is 1.00. The van der Waals surface area contributed by atoms with Crippen molar-refractivity contribution in [1.29, 1.82) is 0 Å². The van der Waals surface area contributed by atoms with E-state index in [0.29, 0.717) is 0 Å². The zero-order valence-corrected chi connectivity index (χ0v) is 10.6. The largest absolute Gasteiger partial charge is 0.330 e. The topological polar surface area (TPSA) is 29.3 Å². The van der Waals surface area contributed by atoms with Crippen LogP contribution in [0.3, 0.4) is 0 Å². The van der Waals surface area contributed by atoms with Gasteiger partial charge in [0, 0.05) is 17.0 Å². The van der Waals surface area contributed by atoms with E-state index < -0.39 is 0 Å². The van der Waals surface area contributed by atoms with E-state index in [4.69, 9.17) is 5.73 Å². The van der Waals surface area contributed by atoms with Gasteiger partial charge in [0.2, 0.25) is 0 Å². The number of thioether (sulfide) groups is 1. The van der Waals surface area contributed by atoms with Gasteiger partial charge in [-0.1, -0.05) is 6.92 Å². The molecule has 2 aliphatic heterocycles. The maximum absolute atomic E-state index is 5.62. The molecular weight excluding hydrogens is 204 g/mol. The van der Waals surface area contributed by atoms with Crippen LogP contribution in [-0.4, -0.2) is 41.6 Å². The quantitative estimate of drug-likeness (QED) is 0.800. The fourth-order valence-electron chi connectivity index (χ4n) is 2.89. The van der Waals surface area contributed by atoms with Gasteiger partial charge < -0.3 is 5.73 Å². The maximum atomic E-state index is 5.62. The highest BCUT2D eigenvalue weighted by molar-refractivity contribution is 8.00. The van der Waals surface area contributed by atoms with Crippen molar-refractivity contribution < 1.29 is 0 Å². The van der Waals surface area contributed by atoms with E-state index in [1.165, 1.54) is 44.5 Å². The molecule has 2 saturated heterocycles. The van der Waals surface area contributed by atoms with Crippen LogP contribution in [0.15, 0.2) is 0 Å². The summed E-state index contributed by atoms with van der Waals surface area (Å²) in [6.45, 7) is 5.89. The summed E-state index contributed by atoms with van der Waals surface area (Å²) in [5.41, 5.74) is 5.62. The highest BCUT2D eigenvalue weighted by Crippen LogP contribution is 2.32. The first-order chi connectivity index (χ1) is 7.29. The van der Waals surface area contributed by atoms with Gasteiger partial charge in [0.15, 0.2) is 0 Å². The molecule has 0 bridgehead atoms. The summed E-state index contributed by atoms with van der Waals surface area (Å²) in [5.74, 6) is 2.28. The lowest BCUT2D eigenvalue weighted by Gasteiger charge is -2.35. The zero-order valence-electron chi connectivity index (χ0n) is 9.82. The lowest BCUT2D eigenvalue weighted by Crippen LogP contribution is -2.41. The van der Waals surface area contributed by atoms with Crippen LogP contribution in [-0.2, 0) is 0 Å². The molecule has 0 saturated carbocycles. The molecule has 2 fully saturated rings. The molecule has 0 radical (unpaired) electrons. The maximum Gasteiger partial charge on any atom is 0.0196 e. The number of nitrogens with two attached hydrogens (primary N) is 1. The summed E-state index contributed by atoms with van der Waals surface area (Å²) < 4.78 is 0. The Kier molecular flexibility index (Phi) is 4.35. The molecule has 2 heterocycles. The second kappa shape index (κ2) is 5.55. The standard InChI is InChI=1S/C12H24N2S/c1-10-8-12(9-15-10)14-6-3-11(2-5-13)4-7-14/h10-12H,2-9,13H2,1H3. The summed E-state index contributed by atoms with van der Waals surface area (Å²) in [6, 6.07) is 0.879. The number of hydrogen-bond acceptors (Lipinski definition) is 3. The van der Waals surface area contributed by atoms with Crippen LogP contribution in [0.4, 0.5) is 0 Å². The monoisotopic (exact) mass is 228 g/mol. The fourth-order valence-corrected chi connectivity index (χ4v) is 4.15. The summed E-state index contributed by atoms with van der Waals surface area (Å²) in [4.78, 5) is 2.73. The third kappa shape index (κ3) is 3.11. The molecule has 2 nitrogen and oxygen atoms in total. The Morgan fingerprint density at radius 3 is 2.60 bits per heavy atom. The van der Waals surface area contributed by atoms with Crippen molar-refractivity contribution in [3.63, 3.8) is 0 Å². The Labute approximate surface area is 98.0 Å². The summed E-state index contributed by atoms with van der Waals surface area (Å²) >= 11 is 2.15. The minimum Gasteiger partial charge on any atom is -0.330 e. The second-order valence-electron chi connectivity index (χ2n) is 5.09. The predicted octanol–water partition coefficient (Wildman–Crippen LogP) is 1.94. The van der Waals surface area contributed by atoms with E-state index in [1.807, 2.05) is 0 Å². The first-order valence-corrected chi connectivity index (χ1v) is 7.40. The number of likely N-dealkylation sites (tertiary alicyclic amines) is 1.